The zero-order valence-electron chi connectivity index (χ0n) is 14.1. The van der Waals surface area contributed by atoms with Gasteiger partial charge in [0.1, 0.15) is 18.9 Å². The average molecular weight is 403 g/mol. The number of benzene rings is 2. The number of alkyl halides is 5. The average Bonchev–Trinajstić information content (AvgIpc) is 2.63. The molecule has 0 saturated heterocycles. The van der Waals surface area contributed by atoms with Crippen molar-refractivity contribution >= 4 is 11.9 Å². The lowest BCUT2D eigenvalue weighted by Gasteiger charge is -2.10. The molecule has 150 valence electrons. The summed E-state index contributed by atoms with van der Waals surface area (Å²) >= 11 is 0. The fourth-order valence-corrected chi connectivity index (χ4v) is 2.12. The van der Waals surface area contributed by atoms with Gasteiger partial charge in [0.2, 0.25) is 0 Å². The van der Waals surface area contributed by atoms with E-state index in [9.17, 15) is 31.5 Å². The van der Waals surface area contributed by atoms with Gasteiger partial charge < -0.3 is 14.8 Å². The first-order valence-electron chi connectivity index (χ1n) is 7.80. The maximum atomic E-state index is 12.6. The van der Waals surface area contributed by atoms with E-state index in [1.54, 1.807) is 0 Å². The SMILES string of the molecule is O=C(CNC(=O)c1cccc(OC(F)F)c1)OCc1cccc(C(F)(F)F)c1. The number of esters is 1. The monoisotopic (exact) mass is 403 g/mol. The first-order chi connectivity index (χ1) is 13.1. The molecule has 0 spiro atoms. The molecule has 0 heterocycles. The molecule has 2 rings (SSSR count). The van der Waals surface area contributed by atoms with E-state index < -0.39 is 43.4 Å². The zero-order valence-corrected chi connectivity index (χ0v) is 14.1. The zero-order chi connectivity index (χ0) is 20.7. The van der Waals surface area contributed by atoms with Gasteiger partial charge in [0.15, 0.2) is 0 Å². The van der Waals surface area contributed by atoms with E-state index in [1.165, 1.54) is 30.3 Å². The Morgan fingerprint density at radius 2 is 1.75 bits per heavy atom. The lowest BCUT2D eigenvalue weighted by Crippen LogP contribution is -2.30. The summed E-state index contributed by atoms with van der Waals surface area (Å²) in [6, 6.07) is 9.21. The topological polar surface area (TPSA) is 64.6 Å². The maximum absolute atomic E-state index is 12.6. The van der Waals surface area contributed by atoms with Crippen molar-refractivity contribution in [3.63, 3.8) is 0 Å². The molecular weight excluding hydrogens is 389 g/mol. The highest BCUT2D eigenvalue weighted by atomic mass is 19.4. The number of carbonyl (C=O) groups excluding carboxylic acids is 2. The van der Waals surface area contributed by atoms with E-state index in [-0.39, 0.29) is 16.9 Å². The number of carbonyl (C=O) groups is 2. The first kappa shape index (κ1) is 21.1. The van der Waals surface area contributed by atoms with E-state index in [0.717, 1.165) is 18.2 Å². The van der Waals surface area contributed by atoms with E-state index in [4.69, 9.17) is 4.74 Å². The van der Waals surface area contributed by atoms with Gasteiger partial charge in [-0.1, -0.05) is 18.2 Å². The summed E-state index contributed by atoms with van der Waals surface area (Å²) in [5, 5.41) is 2.21. The molecular formula is C18H14F5NO4. The summed E-state index contributed by atoms with van der Waals surface area (Å²) in [5.41, 5.74) is -0.768. The van der Waals surface area contributed by atoms with Crippen LogP contribution < -0.4 is 10.1 Å². The van der Waals surface area contributed by atoms with Crippen molar-refractivity contribution in [3.05, 3.63) is 65.2 Å². The predicted molar refractivity (Wildman–Crippen MR) is 86.6 cm³/mol. The maximum Gasteiger partial charge on any atom is 0.416 e. The number of amides is 1. The predicted octanol–water partition coefficient (Wildman–Crippen LogP) is 3.78. The molecule has 5 nitrogen and oxygen atoms in total. The smallest absolute Gasteiger partial charge is 0.416 e. The molecule has 10 heteroatoms. The summed E-state index contributed by atoms with van der Waals surface area (Å²) in [4.78, 5) is 23.6. The Morgan fingerprint density at radius 1 is 1.04 bits per heavy atom. The summed E-state index contributed by atoms with van der Waals surface area (Å²) < 4.78 is 71.2. The van der Waals surface area contributed by atoms with Gasteiger partial charge in [0.05, 0.1) is 5.56 Å². The largest absolute Gasteiger partial charge is 0.460 e. The van der Waals surface area contributed by atoms with Gasteiger partial charge in [-0.3, -0.25) is 9.59 Å². The van der Waals surface area contributed by atoms with Gasteiger partial charge in [-0.05, 0) is 35.9 Å². The van der Waals surface area contributed by atoms with Crippen molar-refractivity contribution in [3.8, 4) is 5.75 Å². The minimum absolute atomic E-state index is 0.0242. The highest BCUT2D eigenvalue weighted by molar-refractivity contribution is 5.96. The van der Waals surface area contributed by atoms with Crippen LogP contribution in [0, 0.1) is 0 Å². The number of hydrogen-bond donors (Lipinski definition) is 1. The fraction of sp³-hybridized carbons (Fsp3) is 0.222. The molecule has 1 N–H and O–H groups in total. The molecule has 0 aromatic heterocycles. The van der Waals surface area contributed by atoms with Gasteiger partial charge in [-0.15, -0.1) is 0 Å². The molecule has 0 fully saturated rings. The van der Waals surface area contributed by atoms with Crippen molar-refractivity contribution in [1.29, 1.82) is 0 Å². The molecule has 0 bridgehead atoms. The van der Waals surface area contributed by atoms with Crippen molar-refractivity contribution in [2.75, 3.05) is 6.54 Å². The number of nitrogens with one attached hydrogen (secondary N) is 1. The normalized spacial score (nSPS) is 11.2. The van der Waals surface area contributed by atoms with E-state index >= 15 is 0 Å². The Hall–Kier alpha value is -3.17. The van der Waals surface area contributed by atoms with E-state index in [0.29, 0.717) is 0 Å². The standard InChI is InChI=1S/C18H14F5NO4/c19-17(20)28-14-6-2-4-12(8-14)16(26)24-9-15(25)27-10-11-3-1-5-13(7-11)18(21,22)23/h1-8,17H,9-10H2,(H,24,26). The quantitative estimate of drug-likeness (QED) is 0.565. The second-order valence-corrected chi connectivity index (χ2v) is 5.45. The Labute approximate surface area is 156 Å². The van der Waals surface area contributed by atoms with Gasteiger partial charge in [0.25, 0.3) is 5.91 Å². The highest BCUT2D eigenvalue weighted by Crippen LogP contribution is 2.29. The first-order valence-corrected chi connectivity index (χ1v) is 7.80. The molecule has 0 aliphatic carbocycles. The van der Waals surface area contributed by atoms with Crippen LogP contribution in [-0.4, -0.2) is 25.0 Å². The van der Waals surface area contributed by atoms with Crippen LogP contribution >= 0.6 is 0 Å². The van der Waals surface area contributed by atoms with E-state index in [2.05, 4.69) is 10.1 Å². The van der Waals surface area contributed by atoms with Crippen molar-refractivity contribution in [1.82, 2.24) is 5.32 Å². The molecule has 2 aromatic rings. The second-order valence-electron chi connectivity index (χ2n) is 5.45. The van der Waals surface area contributed by atoms with Gasteiger partial charge >= 0.3 is 18.8 Å². The second kappa shape index (κ2) is 9.16. The summed E-state index contributed by atoms with van der Waals surface area (Å²) in [6.45, 7) is -4.02. The molecule has 0 aliphatic rings. The molecule has 0 radical (unpaired) electrons. The Morgan fingerprint density at radius 3 is 2.43 bits per heavy atom. The molecule has 2 aromatic carbocycles. The molecule has 1 amide bonds. The number of halogens is 5. The van der Waals surface area contributed by atoms with Crippen LogP contribution in [0.5, 0.6) is 5.75 Å². The minimum Gasteiger partial charge on any atom is -0.460 e. The third kappa shape index (κ3) is 6.53. The third-order valence-corrected chi connectivity index (χ3v) is 3.37. The van der Waals surface area contributed by atoms with Crippen LogP contribution in [0.25, 0.3) is 0 Å². The number of rotatable bonds is 7. The van der Waals surface area contributed by atoms with Crippen molar-refractivity contribution < 1.29 is 41.0 Å². The summed E-state index contributed by atoms with van der Waals surface area (Å²) in [6.07, 6.45) is -4.52. The number of ether oxygens (including phenoxy) is 2. The fourth-order valence-electron chi connectivity index (χ4n) is 2.12. The van der Waals surface area contributed by atoms with Crippen molar-refractivity contribution in [2.24, 2.45) is 0 Å². The Kier molecular flexibility index (Phi) is 6.91. The molecule has 0 saturated carbocycles. The Bertz CT molecular complexity index is 839. The van der Waals surface area contributed by atoms with Crippen molar-refractivity contribution in [2.45, 2.75) is 19.4 Å². The van der Waals surface area contributed by atoms with Gasteiger partial charge in [-0.2, -0.15) is 22.0 Å². The van der Waals surface area contributed by atoms with Crippen LogP contribution in [0.2, 0.25) is 0 Å². The van der Waals surface area contributed by atoms with Gasteiger partial charge in [-0.25, -0.2) is 0 Å². The van der Waals surface area contributed by atoms with Crippen LogP contribution in [0.15, 0.2) is 48.5 Å². The van der Waals surface area contributed by atoms with Crippen LogP contribution in [0.1, 0.15) is 21.5 Å². The van der Waals surface area contributed by atoms with Crippen LogP contribution in [0.3, 0.4) is 0 Å². The summed E-state index contributed by atoms with van der Waals surface area (Å²) in [7, 11) is 0. The molecule has 0 unspecified atom stereocenters. The summed E-state index contributed by atoms with van der Waals surface area (Å²) in [5.74, 6) is -1.85. The lowest BCUT2D eigenvalue weighted by atomic mass is 10.1. The molecule has 0 atom stereocenters. The highest BCUT2D eigenvalue weighted by Gasteiger charge is 2.30. The lowest BCUT2D eigenvalue weighted by molar-refractivity contribution is -0.143. The molecule has 0 aliphatic heterocycles. The Balaban J connectivity index is 1.85. The molecule has 28 heavy (non-hydrogen) atoms. The van der Waals surface area contributed by atoms with Gasteiger partial charge in [0, 0.05) is 5.56 Å². The van der Waals surface area contributed by atoms with E-state index in [1.807, 2.05) is 0 Å². The number of hydrogen-bond acceptors (Lipinski definition) is 4. The van der Waals surface area contributed by atoms with Crippen LogP contribution in [-0.2, 0) is 22.3 Å². The van der Waals surface area contributed by atoms with Crippen LogP contribution in [0.4, 0.5) is 22.0 Å². The third-order valence-electron chi connectivity index (χ3n) is 3.37. The minimum atomic E-state index is -4.52.